The SMILES string of the molecule is CS(=O)(=O)CC(=O)N1CC(NC(=O)c2nccc3ccccc23)C(=O)N(CC(=O)NC(C=O)CC(=O)O)c2ccccc21. The first-order valence-electron chi connectivity index (χ1n) is 12.9. The zero-order valence-corrected chi connectivity index (χ0v) is 23.6. The molecule has 4 amide bonds. The van der Waals surface area contributed by atoms with Gasteiger partial charge in [0.1, 0.15) is 30.3 Å². The lowest BCUT2D eigenvalue weighted by molar-refractivity contribution is -0.139. The highest BCUT2D eigenvalue weighted by atomic mass is 32.2. The van der Waals surface area contributed by atoms with Gasteiger partial charge in [0.25, 0.3) is 11.8 Å². The number of aromatic nitrogens is 1. The number of amides is 4. The number of aldehydes is 1. The molecule has 43 heavy (non-hydrogen) atoms. The van der Waals surface area contributed by atoms with Crippen molar-refractivity contribution < 1.29 is 42.3 Å². The number of carboxylic acid groups (broad SMARTS) is 1. The maximum Gasteiger partial charge on any atom is 0.305 e. The molecule has 1 aliphatic rings. The van der Waals surface area contributed by atoms with E-state index in [1.807, 2.05) is 0 Å². The molecule has 14 nitrogen and oxygen atoms in total. The van der Waals surface area contributed by atoms with Crippen LogP contribution < -0.4 is 20.4 Å². The minimum Gasteiger partial charge on any atom is -0.481 e. The lowest BCUT2D eigenvalue weighted by Gasteiger charge is -2.25. The minimum absolute atomic E-state index is 0.00605. The first kappa shape index (κ1) is 30.8. The fourth-order valence-electron chi connectivity index (χ4n) is 4.64. The molecule has 1 aliphatic heterocycles. The largest absolute Gasteiger partial charge is 0.481 e. The number of sulfone groups is 1. The van der Waals surface area contributed by atoms with E-state index < -0.39 is 76.8 Å². The Morgan fingerprint density at radius 2 is 1.74 bits per heavy atom. The summed E-state index contributed by atoms with van der Waals surface area (Å²) in [5, 5.41) is 15.0. The maximum absolute atomic E-state index is 14.0. The number of carboxylic acids is 1. The molecule has 0 bridgehead atoms. The molecule has 2 unspecified atom stereocenters. The summed E-state index contributed by atoms with van der Waals surface area (Å²) in [6, 6.07) is 11.7. The molecule has 2 aromatic carbocycles. The van der Waals surface area contributed by atoms with Crippen LogP contribution in [0.15, 0.2) is 60.8 Å². The number of hydrogen-bond acceptors (Lipinski definition) is 9. The van der Waals surface area contributed by atoms with Crippen LogP contribution in [0.3, 0.4) is 0 Å². The fourth-order valence-corrected chi connectivity index (χ4v) is 5.24. The van der Waals surface area contributed by atoms with E-state index in [9.17, 15) is 37.2 Å². The second-order valence-corrected chi connectivity index (χ2v) is 11.9. The highest BCUT2D eigenvalue weighted by molar-refractivity contribution is 7.91. The van der Waals surface area contributed by atoms with Gasteiger partial charge in [-0.25, -0.2) is 8.42 Å². The quantitative estimate of drug-likeness (QED) is 0.261. The Bertz CT molecular complexity index is 1720. The van der Waals surface area contributed by atoms with Gasteiger partial charge in [-0.05, 0) is 23.6 Å². The zero-order valence-electron chi connectivity index (χ0n) is 22.8. The first-order chi connectivity index (χ1) is 20.4. The molecule has 0 aliphatic carbocycles. The van der Waals surface area contributed by atoms with Crippen molar-refractivity contribution in [1.82, 2.24) is 15.6 Å². The number of anilines is 2. The van der Waals surface area contributed by atoms with Crippen molar-refractivity contribution >= 4 is 67.9 Å². The molecule has 0 radical (unpaired) electrons. The van der Waals surface area contributed by atoms with Crippen molar-refractivity contribution in [2.75, 3.05) is 34.9 Å². The monoisotopic (exact) mass is 609 g/mol. The van der Waals surface area contributed by atoms with Crippen LogP contribution in [0, 0.1) is 0 Å². The van der Waals surface area contributed by atoms with Gasteiger partial charge >= 0.3 is 5.97 Å². The third kappa shape index (κ3) is 7.37. The zero-order chi connectivity index (χ0) is 31.3. The molecule has 1 aromatic heterocycles. The molecular formula is C28H27N5O9S. The van der Waals surface area contributed by atoms with Crippen LogP contribution in [0.25, 0.3) is 10.8 Å². The van der Waals surface area contributed by atoms with E-state index in [1.54, 1.807) is 30.3 Å². The minimum atomic E-state index is -3.80. The molecule has 224 valence electrons. The number of nitrogens with zero attached hydrogens (tertiary/aromatic N) is 3. The van der Waals surface area contributed by atoms with Crippen molar-refractivity contribution in [3.05, 3.63) is 66.5 Å². The fraction of sp³-hybridized carbons (Fsp3) is 0.250. The van der Waals surface area contributed by atoms with Crippen molar-refractivity contribution in [2.24, 2.45) is 0 Å². The predicted octanol–water partition coefficient (Wildman–Crippen LogP) is -0.0840. The van der Waals surface area contributed by atoms with Crippen LogP contribution in [0.1, 0.15) is 16.9 Å². The molecule has 3 aromatic rings. The Hall–Kier alpha value is -5.18. The average molecular weight is 610 g/mol. The van der Waals surface area contributed by atoms with E-state index in [4.69, 9.17) is 5.11 Å². The lowest BCUT2D eigenvalue weighted by Crippen LogP contribution is -2.55. The number of carbonyl (C=O) groups is 6. The second-order valence-electron chi connectivity index (χ2n) is 9.80. The normalized spacial score (nSPS) is 15.7. The first-order valence-corrected chi connectivity index (χ1v) is 14.9. The van der Waals surface area contributed by atoms with Gasteiger partial charge in [0.2, 0.25) is 11.8 Å². The van der Waals surface area contributed by atoms with Gasteiger partial charge in [-0.15, -0.1) is 0 Å². The van der Waals surface area contributed by atoms with E-state index in [0.29, 0.717) is 10.8 Å². The Kier molecular flexibility index (Phi) is 9.14. The van der Waals surface area contributed by atoms with Gasteiger partial charge in [0, 0.05) is 17.8 Å². The van der Waals surface area contributed by atoms with Gasteiger partial charge in [0.15, 0.2) is 9.84 Å². The van der Waals surface area contributed by atoms with E-state index >= 15 is 0 Å². The standard InChI is InChI=1S/C28H27N5O9S/c1-43(41,42)16-24(36)32-13-20(31-27(39)26-19-7-3-2-6-17(19)10-11-29-26)28(40)33(22-9-5-4-8-21(22)32)14-23(35)30-18(15-34)12-25(37)38/h2-11,15,18,20H,12-14,16H2,1H3,(H,30,35)(H,31,39)(H,37,38). The number of rotatable bonds is 10. The summed E-state index contributed by atoms with van der Waals surface area (Å²) < 4.78 is 24.0. The molecule has 2 atom stereocenters. The van der Waals surface area contributed by atoms with Crippen LogP contribution in [-0.4, -0.2) is 91.6 Å². The molecular weight excluding hydrogens is 582 g/mol. The summed E-state index contributed by atoms with van der Waals surface area (Å²) in [4.78, 5) is 82.1. The molecule has 3 N–H and O–H groups in total. The van der Waals surface area contributed by atoms with Gasteiger partial charge in [-0.1, -0.05) is 36.4 Å². The Morgan fingerprint density at radius 1 is 1.07 bits per heavy atom. The van der Waals surface area contributed by atoms with Crippen LogP contribution in [-0.2, 0) is 33.8 Å². The van der Waals surface area contributed by atoms with Gasteiger partial charge in [-0.3, -0.25) is 33.9 Å². The van der Waals surface area contributed by atoms with Crippen LogP contribution in [0.5, 0.6) is 0 Å². The van der Waals surface area contributed by atoms with Crippen LogP contribution in [0.4, 0.5) is 11.4 Å². The second kappa shape index (κ2) is 12.8. The number of benzene rings is 2. The molecule has 4 rings (SSSR count). The van der Waals surface area contributed by atoms with E-state index in [-0.39, 0.29) is 23.4 Å². The summed E-state index contributed by atoms with van der Waals surface area (Å²) in [5.74, 6) is -5.58. The number of pyridine rings is 1. The summed E-state index contributed by atoms with van der Waals surface area (Å²) in [6.45, 7) is -1.19. The molecule has 0 spiro atoms. The number of nitrogens with one attached hydrogen (secondary N) is 2. The van der Waals surface area contributed by atoms with Crippen LogP contribution >= 0.6 is 0 Å². The molecule has 0 saturated heterocycles. The average Bonchev–Trinajstić information content (AvgIpc) is 3.06. The van der Waals surface area contributed by atoms with Crippen molar-refractivity contribution in [3.8, 4) is 0 Å². The predicted molar refractivity (Wildman–Crippen MR) is 154 cm³/mol. The Labute approximate surface area is 245 Å². The van der Waals surface area contributed by atoms with E-state index in [2.05, 4.69) is 15.6 Å². The summed E-state index contributed by atoms with van der Waals surface area (Å²) in [5.41, 5.74) is 0.133. The van der Waals surface area contributed by atoms with Gasteiger partial charge < -0.3 is 25.4 Å². The third-order valence-electron chi connectivity index (χ3n) is 6.48. The highest BCUT2D eigenvalue weighted by Crippen LogP contribution is 2.33. The van der Waals surface area contributed by atoms with E-state index in [0.717, 1.165) is 16.1 Å². The summed E-state index contributed by atoms with van der Waals surface area (Å²) >= 11 is 0. The Morgan fingerprint density at radius 3 is 2.42 bits per heavy atom. The summed E-state index contributed by atoms with van der Waals surface area (Å²) in [6.07, 6.45) is 1.85. The number of hydrogen-bond donors (Lipinski definition) is 3. The van der Waals surface area contributed by atoms with E-state index in [1.165, 1.54) is 30.5 Å². The van der Waals surface area contributed by atoms with Gasteiger partial charge in [-0.2, -0.15) is 0 Å². The smallest absolute Gasteiger partial charge is 0.305 e. The van der Waals surface area contributed by atoms with Crippen molar-refractivity contribution in [1.29, 1.82) is 0 Å². The Balaban J connectivity index is 1.73. The topological polar surface area (TPSA) is 200 Å². The highest BCUT2D eigenvalue weighted by Gasteiger charge is 2.38. The molecule has 0 fully saturated rings. The summed E-state index contributed by atoms with van der Waals surface area (Å²) in [7, 11) is -3.80. The maximum atomic E-state index is 14.0. The number of para-hydroxylation sites is 2. The molecule has 2 heterocycles. The van der Waals surface area contributed by atoms with Crippen LogP contribution in [0.2, 0.25) is 0 Å². The number of fused-ring (bicyclic) bond motifs is 2. The molecule has 0 saturated carbocycles. The number of aliphatic carboxylic acids is 1. The van der Waals surface area contributed by atoms with Crippen molar-refractivity contribution in [2.45, 2.75) is 18.5 Å². The number of carbonyl (C=O) groups excluding carboxylic acids is 5. The van der Waals surface area contributed by atoms with Crippen molar-refractivity contribution in [3.63, 3.8) is 0 Å². The van der Waals surface area contributed by atoms with Gasteiger partial charge in [0.05, 0.1) is 30.4 Å². The molecule has 15 heteroatoms. The third-order valence-corrected chi connectivity index (χ3v) is 7.25. The lowest BCUT2D eigenvalue weighted by atomic mass is 10.1.